The number of hydrogen-bond acceptors (Lipinski definition) is 4. The van der Waals surface area contributed by atoms with Crippen LogP contribution in [0.5, 0.6) is 0 Å². The summed E-state index contributed by atoms with van der Waals surface area (Å²) < 4.78 is 4.82. The standard InChI is InChI=1S/C11H13ClN2O3/c1-14(2)10(15)6-17-11(16)8-5-7(13)3-4-9(8)12/h3-5H,6,13H2,1-2H3. The monoisotopic (exact) mass is 256 g/mol. The van der Waals surface area contributed by atoms with E-state index in [0.29, 0.717) is 5.69 Å². The summed E-state index contributed by atoms with van der Waals surface area (Å²) in [6.07, 6.45) is 0. The van der Waals surface area contributed by atoms with Crippen molar-refractivity contribution in [3.8, 4) is 0 Å². The number of benzene rings is 1. The predicted molar refractivity (Wildman–Crippen MR) is 64.8 cm³/mol. The quantitative estimate of drug-likeness (QED) is 0.651. The first-order valence-corrected chi connectivity index (χ1v) is 5.22. The molecule has 1 aromatic rings. The predicted octanol–water partition coefficient (Wildman–Crippen LogP) is 1.17. The lowest BCUT2D eigenvalue weighted by Gasteiger charge is -2.11. The van der Waals surface area contributed by atoms with Crippen LogP contribution < -0.4 is 5.73 Å². The molecule has 0 spiro atoms. The molecule has 92 valence electrons. The highest BCUT2D eigenvalue weighted by Crippen LogP contribution is 2.19. The molecule has 5 nitrogen and oxygen atoms in total. The number of nitrogen functional groups attached to an aromatic ring is 1. The summed E-state index contributed by atoms with van der Waals surface area (Å²) in [5.74, 6) is -0.976. The van der Waals surface area contributed by atoms with Crippen LogP contribution >= 0.6 is 11.6 Å². The van der Waals surface area contributed by atoms with Crippen LogP contribution in [0, 0.1) is 0 Å². The number of esters is 1. The third-order valence-corrected chi connectivity index (χ3v) is 2.37. The van der Waals surface area contributed by atoms with Gasteiger partial charge in [-0.3, -0.25) is 4.79 Å². The Hall–Kier alpha value is -1.75. The fourth-order valence-electron chi connectivity index (χ4n) is 1.03. The number of rotatable bonds is 3. The van der Waals surface area contributed by atoms with Crippen LogP contribution in [0.1, 0.15) is 10.4 Å². The number of likely N-dealkylation sites (N-methyl/N-ethyl adjacent to an activating group) is 1. The first kappa shape index (κ1) is 13.3. The average molecular weight is 257 g/mol. The summed E-state index contributed by atoms with van der Waals surface area (Å²) in [4.78, 5) is 24.2. The maximum atomic E-state index is 11.6. The van der Waals surface area contributed by atoms with Crippen molar-refractivity contribution in [3.63, 3.8) is 0 Å². The van der Waals surface area contributed by atoms with Crippen molar-refractivity contribution >= 4 is 29.2 Å². The zero-order chi connectivity index (χ0) is 13.0. The number of carbonyl (C=O) groups is 2. The number of hydrogen-bond donors (Lipinski definition) is 1. The molecule has 17 heavy (non-hydrogen) atoms. The van der Waals surface area contributed by atoms with Crippen LogP contribution in [0.2, 0.25) is 5.02 Å². The van der Waals surface area contributed by atoms with Gasteiger partial charge in [0.2, 0.25) is 0 Å². The largest absolute Gasteiger partial charge is 0.452 e. The zero-order valence-corrected chi connectivity index (χ0v) is 10.3. The molecular weight excluding hydrogens is 244 g/mol. The number of nitrogens with two attached hydrogens (primary N) is 1. The minimum atomic E-state index is -0.669. The second kappa shape index (κ2) is 5.54. The summed E-state index contributed by atoms with van der Waals surface area (Å²) in [6.45, 7) is -0.322. The lowest BCUT2D eigenvalue weighted by Crippen LogP contribution is -2.27. The van der Waals surface area contributed by atoms with E-state index in [9.17, 15) is 9.59 Å². The molecule has 0 aliphatic carbocycles. The molecule has 0 bridgehead atoms. The summed E-state index contributed by atoms with van der Waals surface area (Å²) in [5.41, 5.74) is 6.08. The Morgan fingerprint density at radius 2 is 2.06 bits per heavy atom. The molecule has 2 N–H and O–H groups in total. The van der Waals surface area contributed by atoms with Gasteiger partial charge in [-0.2, -0.15) is 0 Å². The number of halogens is 1. The Morgan fingerprint density at radius 1 is 1.41 bits per heavy atom. The Balaban J connectivity index is 2.70. The Kier molecular flexibility index (Phi) is 4.34. The second-order valence-electron chi connectivity index (χ2n) is 3.60. The molecule has 6 heteroatoms. The molecule has 0 radical (unpaired) electrons. The topological polar surface area (TPSA) is 72.6 Å². The van der Waals surface area contributed by atoms with Crippen LogP contribution in [-0.4, -0.2) is 37.5 Å². The molecule has 1 amide bonds. The van der Waals surface area contributed by atoms with Gasteiger partial charge in [0.15, 0.2) is 6.61 Å². The summed E-state index contributed by atoms with van der Waals surface area (Å²) >= 11 is 5.82. The van der Waals surface area contributed by atoms with Gasteiger partial charge in [-0.1, -0.05) is 11.6 Å². The van der Waals surface area contributed by atoms with Gasteiger partial charge in [0.1, 0.15) is 0 Å². The number of nitrogens with zero attached hydrogens (tertiary/aromatic N) is 1. The van der Waals surface area contributed by atoms with Gasteiger partial charge in [0, 0.05) is 19.8 Å². The zero-order valence-electron chi connectivity index (χ0n) is 9.57. The Morgan fingerprint density at radius 3 is 2.65 bits per heavy atom. The highest BCUT2D eigenvalue weighted by Gasteiger charge is 2.14. The second-order valence-corrected chi connectivity index (χ2v) is 4.01. The van der Waals surface area contributed by atoms with E-state index in [1.165, 1.54) is 17.0 Å². The third-order valence-electron chi connectivity index (χ3n) is 2.04. The van der Waals surface area contributed by atoms with E-state index < -0.39 is 5.97 Å². The number of anilines is 1. The number of amides is 1. The lowest BCUT2D eigenvalue weighted by molar-refractivity contribution is -0.131. The van der Waals surface area contributed by atoms with Crippen LogP contribution in [-0.2, 0) is 9.53 Å². The molecule has 0 unspecified atom stereocenters. The van der Waals surface area contributed by atoms with Crippen LogP contribution in [0.4, 0.5) is 5.69 Å². The van der Waals surface area contributed by atoms with Crippen LogP contribution in [0.25, 0.3) is 0 Å². The molecule has 0 saturated carbocycles. The summed E-state index contributed by atoms with van der Waals surface area (Å²) in [7, 11) is 3.15. The van der Waals surface area contributed by atoms with E-state index >= 15 is 0 Å². The van der Waals surface area contributed by atoms with Gasteiger partial charge < -0.3 is 15.4 Å². The van der Waals surface area contributed by atoms with Gasteiger partial charge in [0.05, 0.1) is 10.6 Å². The first-order chi connectivity index (χ1) is 7.91. The molecule has 0 aliphatic rings. The van der Waals surface area contributed by atoms with Crippen molar-refractivity contribution in [1.29, 1.82) is 0 Å². The van der Waals surface area contributed by atoms with Crippen molar-refractivity contribution < 1.29 is 14.3 Å². The van der Waals surface area contributed by atoms with E-state index in [1.54, 1.807) is 20.2 Å². The van der Waals surface area contributed by atoms with Crippen LogP contribution in [0.15, 0.2) is 18.2 Å². The minimum Gasteiger partial charge on any atom is -0.452 e. The maximum absolute atomic E-state index is 11.6. The number of carbonyl (C=O) groups excluding carboxylic acids is 2. The molecule has 0 aliphatic heterocycles. The molecule has 1 aromatic carbocycles. The van der Waals surface area contributed by atoms with E-state index in [-0.39, 0.29) is 23.1 Å². The van der Waals surface area contributed by atoms with Crippen molar-refractivity contribution in [2.75, 3.05) is 26.4 Å². The fourth-order valence-corrected chi connectivity index (χ4v) is 1.23. The van der Waals surface area contributed by atoms with E-state index in [2.05, 4.69) is 0 Å². The molecule has 0 atom stereocenters. The van der Waals surface area contributed by atoms with E-state index in [0.717, 1.165) is 0 Å². The minimum absolute atomic E-state index is 0.151. The van der Waals surface area contributed by atoms with Crippen molar-refractivity contribution in [2.24, 2.45) is 0 Å². The van der Waals surface area contributed by atoms with Gasteiger partial charge >= 0.3 is 5.97 Å². The highest BCUT2D eigenvalue weighted by molar-refractivity contribution is 6.33. The van der Waals surface area contributed by atoms with Crippen molar-refractivity contribution in [1.82, 2.24) is 4.90 Å². The molecule has 0 fully saturated rings. The Labute approximate surface area is 104 Å². The van der Waals surface area contributed by atoms with Gasteiger partial charge in [-0.15, -0.1) is 0 Å². The first-order valence-electron chi connectivity index (χ1n) is 4.84. The number of ether oxygens (including phenoxy) is 1. The maximum Gasteiger partial charge on any atom is 0.340 e. The smallest absolute Gasteiger partial charge is 0.340 e. The van der Waals surface area contributed by atoms with E-state index in [1.807, 2.05) is 0 Å². The lowest BCUT2D eigenvalue weighted by atomic mass is 10.2. The Bertz CT molecular complexity index is 446. The summed E-state index contributed by atoms with van der Waals surface area (Å²) in [5, 5.41) is 0.238. The molecular formula is C11H13ClN2O3. The SMILES string of the molecule is CN(C)C(=O)COC(=O)c1cc(N)ccc1Cl. The summed E-state index contributed by atoms with van der Waals surface area (Å²) in [6, 6.07) is 4.48. The van der Waals surface area contributed by atoms with Crippen LogP contribution in [0.3, 0.4) is 0 Å². The average Bonchev–Trinajstić information content (AvgIpc) is 2.28. The van der Waals surface area contributed by atoms with E-state index in [4.69, 9.17) is 22.1 Å². The molecule has 0 saturated heterocycles. The molecule has 0 aromatic heterocycles. The van der Waals surface area contributed by atoms with Gasteiger partial charge in [-0.25, -0.2) is 4.79 Å². The normalized spacial score (nSPS) is 9.82. The third kappa shape index (κ3) is 3.64. The fraction of sp³-hybridized carbons (Fsp3) is 0.273. The molecule has 0 heterocycles. The van der Waals surface area contributed by atoms with Crippen molar-refractivity contribution in [2.45, 2.75) is 0 Å². The van der Waals surface area contributed by atoms with Crippen molar-refractivity contribution in [3.05, 3.63) is 28.8 Å². The van der Waals surface area contributed by atoms with Gasteiger partial charge in [-0.05, 0) is 18.2 Å². The highest BCUT2D eigenvalue weighted by atomic mass is 35.5. The van der Waals surface area contributed by atoms with Gasteiger partial charge in [0.25, 0.3) is 5.91 Å². The molecule has 1 rings (SSSR count).